The summed E-state index contributed by atoms with van der Waals surface area (Å²) in [6, 6.07) is 4.95. The van der Waals surface area contributed by atoms with Crippen LogP contribution in [0.2, 0.25) is 0 Å². The van der Waals surface area contributed by atoms with E-state index in [9.17, 15) is 0 Å². The highest BCUT2D eigenvalue weighted by Gasteiger charge is 2.41. The summed E-state index contributed by atoms with van der Waals surface area (Å²) in [5.41, 5.74) is 1.36. The monoisotopic (exact) mass is 231 g/mol. The van der Waals surface area contributed by atoms with E-state index in [1.54, 1.807) is 0 Å². The van der Waals surface area contributed by atoms with Gasteiger partial charge in [-0.2, -0.15) is 0 Å². The van der Waals surface area contributed by atoms with E-state index < -0.39 is 0 Å². The minimum absolute atomic E-state index is 0.742. The van der Waals surface area contributed by atoms with Crippen molar-refractivity contribution in [3.8, 4) is 0 Å². The van der Waals surface area contributed by atoms with Crippen LogP contribution in [0.3, 0.4) is 0 Å². The van der Waals surface area contributed by atoms with Crippen molar-refractivity contribution in [1.29, 1.82) is 0 Å². The van der Waals surface area contributed by atoms with Gasteiger partial charge in [0.25, 0.3) is 0 Å². The molecule has 0 aromatic carbocycles. The van der Waals surface area contributed by atoms with Crippen molar-refractivity contribution in [3.63, 3.8) is 0 Å². The predicted octanol–water partition coefficient (Wildman–Crippen LogP) is 1.16. The van der Waals surface area contributed by atoms with Crippen LogP contribution in [0.4, 0.5) is 0 Å². The summed E-state index contributed by atoms with van der Waals surface area (Å²) in [6.45, 7) is 7.29. The van der Waals surface area contributed by atoms with Crippen LogP contribution in [0.5, 0.6) is 0 Å². The summed E-state index contributed by atoms with van der Waals surface area (Å²) in [6.07, 6.45) is 4.96. The van der Waals surface area contributed by atoms with E-state index in [4.69, 9.17) is 0 Å². The normalized spacial score (nSPS) is 32.9. The molecule has 2 saturated heterocycles. The van der Waals surface area contributed by atoms with E-state index in [1.165, 1.54) is 31.7 Å². The SMILES string of the molecule is CC1C2CNCC2CN1CCc1cccnc1. The van der Waals surface area contributed by atoms with Crippen molar-refractivity contribution >= 4 is 0 Å². The number of likely N-dealkylation sites (tertiary alicyclic amines) is 1. The predicted molar refractivity (Wildman–Crippen MR) is 68.8 cm³/mol. The molecule has 3 heteroatoms. The molecule has 3 heterocycles. The number of hydrogen-bond donors (Lipinski definition) is 1. The molecule has 0 spiro atoms. The van der Waals surface area contributed by atoms with Crippen LogP contribution < -0.4 is 5.32 Å². The second-order valence-corrected chi connectivity index (χ2v) is 5.43. The zero-order valence-corrected chi connectivity index (χ0v) is 10.5. The van der Waals surface area contributed by atoms with Gasteiger partial charge in [-0.15, -0.1) is 0 Å². The summed E-state index contributed by atoms with van der Waals surface area (Å²) >= 11 is 0. The van der Waals surface area contributed by atoms with Crippen molar-refractivity contribution in [2.24, 2.45) is 11.8 Å². The quantitative estimate of drug-likeness (QED) is 0.846. The van der Waals surface area contributed by atoms with Crippen molar-refractivity contribution in [3.05, 3.63) is 30.1 Å². The molecule has 0 saturated carbocycles. The highest BCUT2D eigenvalue weighted by atomic mass is 15.2. The Balaban J connectivity index is 1.56. The highest BCUT2D eigenvalue weighted by Crippen LogP contribution is 2.32. The maximum Gasteiger partial charge on any atom is 0.0300 e. The first-order valence-corrected chi connectivity index (χ1v) is 6.68. The van der Waals surface area contributed by atoms with Crippen LogP contribution in [0.25, 0.3) is 0 Å². The van der Waals surface area contributed by atoms with Crippen LogP contribution in [0.1, 0.15) is 12.5 Å². The molecule has 92 valence electrons. The minimum atomic E-state index is 0.742. The zero-order chi connectivity index (χ0) is 11.7. The highest BCUT2D eigenvalue weighted by molar-refractivity contribution is 5.09. The second kappa shape index (κ2) is 4.75. The van der Waals surface area contributed by atoms with E-state index >= 15 is 0 Å². The fraction of sp³-hybridized carbons (Fsp3) is 0.643. The summed E-state index contributed by atoms with van der Waals surface area (Å²) in [5, 5.41) is 3.51. The Kier molecular flexibility index (Phi) is 3.12. The zero-order valence-electron chi connectivity index (χ0n) is 10.5. The lowest BCUT2D eigenvalue weighted by Gasteiger charge is -2.24. The smallest absolute Gasteiger partial charge is 0.0300 e. The number of aromatic nitrogens is 1. The van der Waals surface area contributed by atoms with Gasteiger partial charge in [-0.3, -0.25) is 9.88 Å². The third-order valence-corrected chi connectivity index (χ3v) is 4.47. The molecule has 1 aromatic heterocycles. The van der Waals surface area contributed by atoms with Gasteiger partial charge >= 0.3 is 0 Å². The lowest BCUT2D eigenvalue weighted by molar-refractivity contribution is 0.242. The third-order valence-electron chi connectivity index (χ3n) is 4.47. The van der Waals surface area contributed by atoms with E-state index in [0.717, 1.165) is 24.3 Å². The van der Waals surface area contributed by atoms with Gasteiger partial charge in [-0.05, 0) is 49.9 Å². The molecule has 3 atom stereocenters. The molecular formula is C14H21N3. The van der Waals surface area contributed by atoms with E-state index in [1.807, 2.05) is 18.5 Å². The van der Waals surface area contributed by atoms with Crippen LogP contribution in [-0.4, -0.2) is 42.1 Å². The van der Waals surface area contributed by atoms with Crippen LogP contribution in [-0.2, 0) is 6.42 Å². The van der Waals surface area contributed by atoms with Gasteiger partial charge in [-0.25, -0.2) is 0 Å². The average Bonchev–Trinajstić information content (AvgIpc) is 2.92. The summed E-state index contributed by atoms with van der Waals surface area (Å²) < 4.78 is 0. The lowest BCUT2D eigenvalue weighted by Crippen LogP contribution is -2.34. The largest absolute Gasteiger partial charge is 0.316 e. The Hall–Kier alpha value is -0.930. The Bertz CT molecular complexity index is 365. The van der Waals surface area contributed by atoms with Gasteiger partial charge in [0.1, 0.15) is 0 Å². The summed E-state index contributed by atoms with van der Waals surface area (Å²) in [7, 11) is 0. The number of pyridine rings is 1. The van der Waals surface area contributed by atoms with Crippen molar-refractivity contribution in [1.82, 2.24) is 15.2 Å². The first-order chi connectivity index (χ1) is 8.34. The minimum Gasteiger partial charge on any atom is -0.316 e. The Morgan fingerprint density at radius 1 is 1.47 bits per heavy atom. The molecule has 1 N–H and O–H groups in total. The molecule has 3 nitrogen and oxygen atoms in total. The van der Waals surface area contributed by atoms with Crippen LogP contribution >= 0.6 is 0 Å². The van der Waals surface area contributed by atoms with Crippen LogP contribution in [0.15, 0.2) is 24.5 Å². The first-order valence-electron chi connectivity index (χ1n) is 6.68. The van der Waals surface area contributed by atoms with Crippen molar-refractivity contribution in [2.45, 2.75) is 19.4 Å². The first kappa shape index (κ1) is 11.2. The van der Waals surface area contributed by atoms with Gasteiger partial charge in [0.15, 0.2) is 0 Å². The fourth-order valence-corrected chi connectivity index (χ4v) is 3.37. The van der Waals surface area contributed by atoms with Crippen molar-refractivity contribution in [2.75, 3.05) is 26.2 Å². The molecule has 0 bridgehead atoms. The summed E-state index contributed by atoms with van der Waals surface area (Å²) in [5.74, 6) is 1.77. The topological polar surface area (TPSA) is 28.2 Å². The number of hydrogen-bond acceptors (Lipinski definition) is 3. The number of nitrogens with zero attached hydrogens (tertiary/aromatic N) is 2. The number of fused-ring (bicyclic) bond motifs is 1. The Morgan fingerprint density at radius 3 is 3.18 bits per heavy atom. The molecule has 17 heavy (non-hydrogen) atoms. The van der Waals surface area contributed by atoms with Crippen LogP contribution in [0, 0.1) is 11.8 Å². The molecule has 2 aliphatic rings. The van der Waals surface area contributed by atoms with Gasteiger partial charge < -0.3 is 5.32 Å². The molecule has 1 aromatic rings. The molecular weight excluding hydrogens is 210 g/mol. The molecule has 2 fully saturated rings. The molecule has 3 unspecified atom stereocenters. The lowest BCUT2D eigenvalue weighted by atomic mass is 9.95. The summed E-state index contributed by atoms with van der Waals surface area (Å²) in [4.78, 5) is 6.83. The third kappa shape index (κ3) is 2.22. The molecule has 2 aliphatic heterocycles. The van der Waals surface area contributed by atoms with Gasteiger partial charge in [0, 0.05) is 31.5 Å². The van der Waals surface area contributed by atoms with E-state index in [0.29, 0.717) is 0 Å². The van der Waals surface area contributed by atoms with E-state index in [-0.39, 0.29) is 0 Å². The standard InChI is InChI=1S/C14H21N3/c1-11-14-9-16-8-13(14)10-17(11)6-4-12-3-2-5-15-7-12/h2-3,5,7,11,13-14,16H,4,6,8-10H2,1H3. The fourth-order valence-electron chi connectivity index (χ4n) is 3.37. The molecule has 0 amide bonds. The Morgan fingerprint density at radius 2 is 2.41 bits per heavy atom. The maximum absolute atomic E-state index is 4.18. The van der Waals surface area contributed by atoms with E-state index in [2.05, 4.69) is 28.2 Å². The van der Waals surface area contributed by atoms with Gasteiger partial charge in [0.2, 0.25) is 0 Å². The van der Waals surface area contributed by atoms with Gasteiger partial charge in [0.05, 0.1) is 0 Å². The average molecular weight is 231 g/mol. The molecule has 3 rings (SSSR count). The van der Waals surface area contributed by atoms with Crippen molar-refractivity contribution < 1.29 is 0 Å². The van der Waals surface area contributed by atoms with Gasteiger partial charge in [-0.1, -0.05) is 6.07 Å². The number of nitrogens with one attached hydrogen (secondary N) is 1. The molecule has 0 aliphatic carbocycles. The number of rotatable bonds is 3. The second-order valence-electron chi connectivity index (χ2n) is 5.43. The Labute approximate surface area is 103 Å². The maximum atomic E-state index is 4.18. The molecule has 0 radical (unpaired) electrons.